The van der Waals surface area contributed by atoms with Gasteiger partial charge in [-0.3, -0.25) is 4.79 Å². The van der Waals surface area contributed by atoms with Crippen LogP contribution in [-0.4, -0.2) is 19.4 Å². The third kappa shape index (κ3) is 4.37. The smallest absolute Gasteiger partial charge is 0.469 e. The van der Waals surface area contributed by atoms with Gasteiger partial charge in [-0.15, -0.1) is 25.8 Å². The van der Waals surface area contributed by atoms with Crippen LogP contribution < -0.4 is 4.74 Å². The maximum atomic E-state index is 12.3. The Morgan fingerprint density at radius 1 is 1.47 bits per heavy atom. The Morgan fingerprint density at radius 2 is 2.11 bits per heavy atom. The van der Waals surface area contributed by atoms with Crippen LogP contribution in [0.15, 0.2) is 17.0 Å². The van der Waals surface area contributed by atoms with Crippen LogP contribution in [0.1, 0.15) is 11.1 Å². The highest BCUT2D eigenvalue weighted by Crippen LogP contribution is 2.32. The number of hydrogen-bond donors (Lipinski definition) is 1. The number of esters is 1. The average molecular weight is 291 g/mol. The summed E-state index contributed by atoms with van der Waals surface area (Å²) < 4.78 is 45.0. The molecule has 19 heavy (non-hydrogen) atoms. The lowest BCUT2D eigenvalue weighted by Crippen LogP contribution is -2.19. The molecule has 0 radical (unpaired) electrons. The monoisotopic (exact) mass is 291 g/mol. The molecule has 0 saturated carbocycles. The Balaban J connectivity index is 3.26. The second-order valence-corrected chi connectivity index (χ2v) is 3.87. The van der Waals surface area contributed by atoms with Crippen molar-refractivity contribution in [2.24, 2.45) is 0 Å². The van der Waals surface area contributed by atoms with Crippen molar-refractivity contribution in [1.29, 1.82) is 5.26 Å². The van der Waals surface area contributed by atoms with Crippen molar-refractivity contribution in [3.8, 4) is 11.8 Å². The number of carbonyl (C=O) groups is 1. The number of halogens is 3. The zero-order chi connectivity index (χ0) is 14.6. The Kier molecular flexibility index (Phi) is 4.67. The van der Waals surface area contributed by atoms with Gasteiger partial charge in [0.15, 0.2) is 0 Å². The molecule has 0 spiro atoms. The van der Waals surface area contributed by atoms with Crippen molar-refractivity contribution in [1.82, 2.24) is 0 Å². The lowest BCUT2D eigenvalue weighted by atomic mass is 10.1. The van der Waals surface area contributed by atoms with Crippen LogP contribution in [0.2, 0.25) is 0 Å². The number of alkyl halides is 3. The molecular weight excluding hydrogens is 283 g/mol. The van der Waals surface area contributed by atoms with Crippen LogP contribution >= 0.6 is 12.6 Å². The van der Waals surface area contributed by atoms with Gasteiger partial charge in [0.25, 0.3) is 0 Å². The van der Waals surface area contributed by atoms with Gasteiger partial charge >= 0.3 is 12.3 Å². The molecular formula is C11H8F3NO3S. The molecule has 0 aliphatic carbocycles. The molecule has 0 aliphatic heterocycles. The van der Waals surface area contributed by atoms with E-state index in [0.717, 1.165) is 13.2 Å². The van der Waals surface area contributed by atoms with E-state index in [1.165, 1.54) is 6.07 Å². The highest BCUT2D eigenvalue weighted by atomic mass is 32.1. The number of rotatable bonds is 3. The normalized spacial score (nSPS) is 10.7. The van der Waals surface area contributed by atoms with Gasteiger partial charge in [0.1, 0.15) is 5.75 Å². The maximum absolute atomic E-state index is 12.3. The lowest BCUT2D eigenvalue weighted by Gasteiger charge is -2.14. The molecule has 0 aromatic heterocycles. The highest BCUT2D eigenvalue weighted by molar-refractivity contribution is 7.80. The van der Waals surface area contributed by atoms with Crippen molar-refractivity contribution >= 4 is 18.6 Å². The molecule has 0 saturated heterocycles. The van der Waals surface area contributed by atoms with Crippen LogP contribution in [0.4, 0.5) is 13.2 Å². The minimum Gasteiger partial charge on any atom is -0.469 e. The van der Waals surface area contributed by atoms with Crippen LogP contribution in [0, 0.1) is 11.3 Å². The minimum absolute atomic E-state index is 0.0451. The van der Waals surface area contributed by atoms with Crippen molar-refractivity contribution in [3.05, 3.63) is 23.3 Å². The first kappa shape index (κ1) is 15.2. The molecule has 4 nitrogen and oxygen atoms in total. The predicted octanol–water partition coefficient (Wildman–Crippen LogP) is 2.46. The summed E-state index contributed by atoms with van der Waals surface area (Å²) in [6.07, 6.45) is -5.37. The first-order valence-corrected chi connectivity index (χ1v) is 5.30. The van der Waals surface area contributed by atoms with Gasteiger partial charge in [0, 0.05) is 10.5 Å². The third-order valence-electron chi connectivity index (χ3n) is 2.09. The predicted molar refractivity (Wildman–Crippen MR) is 60.8 cm³/mol. The number of benzene rings is 1. The number of ether oxygens (including phenoxy) is 2. The number of methoxy groups -OCH3 is 1. The van der Waals surface area contributed by atoms with Gasteiger partial charge < -0.3 is 9.47 Å². The van der Waals surface area contributed by atoms with E-state index in [-0.39, 0.29) is 16.0 Å². The first-order valence-electron chi connectivity index (χ1n) is 4.85. The maximum Gasteiger partial charge on any atom is 0.573 e. The fourth-order valence-corrected chi connectivity index (χ4v) is 1.63. The SMILES string of the molecule is COC(=O)Cc1c(S)cc(C#N)cc1OC(F)(F)F. The van der Waals surface area contributed by atoms with Gasteiger partial charge in [-0.05, 0) is 12.1 Å². The summed E-state index contributed by atoms with van der Waals surface area (Å²) in [6.45, 7) is 0. The minimum atomic E-state index is -4.93. The lowest BCUT2D eigenvalue weighted by molar-refractivity contribution is -0.275. The van der Waals surface area contributed by atoms with E-state index < -0.39 is 24.5 Å². The fourth-order valence-electron chi connectivity index (χ4n) is 1.31. The second kappa shape index (κ2) is 5.84. The summed E-state index contributed by atoms with van der Waals surface area (Å²) in [5, 5.41) is 8.69. The highest BCUT2D eigenvalue weighted by Gasteiger charge is 2.33. The molecule has 0 unspecified atom stereocenters. The number of nitrogens with zero attached hydrogens (tertiary/aromatic N) is 1. The quantitative estimate of drug-likeness (QED) is 0.686. The molecule has 0 heterocycles. The van der Waals surface area contributed by atoms with Crippen LogP contribution in [0.25, 0.3) is 0 Å². The summed E-state index contributed by atoms with van der Waals surface area (Å²) in [7, 11) is 1.11. The molecule has 0 N–H and O–H groups in total. The van der Waals surface area contributed by atoms with Gasteiger partial charge in [-0.25, -0.2) is 0 Å². The van der Waals surface area contributed by atoms with E-state index in [9.17, 15) is 18.0 Å². The van der Waals surface area contributed by atoms with E-state index in [4.69, 9.17) is 5.26 Å². The zero-order valence-corrected chi connectivity index (χ0v) is 10.5. The second-order valence-electron chi connectivity index (χ2n) is 3.38. The van der Waals surface area contributed by atoms with Crippen molar-refractivity contribution in [3.63, 3.8) is 0 Å². The van der Waals surface area contributed by atoms with Gasteiger partial charge in [-0.2, -0.15) is 5.26 Å². The molecule has 1 rings (SSSR count). The Morgan fingerprint density at radius 3 is 2.58 bits per heavy atom. The van der Waals surface area contributed by atoms with E-state index in [0.29, 0.717) is 0 Å². The topological polar surface area (TPSA) is 59.3 Å². The molecule has 8 heteroatoms. The molecule has 0 bridgehead atoms. The Bertz CT molecular complexity index is 537. The Hall–Kier alpha value is -1.88. The van der Waals surface area contributed by atoms with Crippen molar-refractivity contribution in [2.45, 2.75) is 17.7 Å². The number of thiol groups is 1. The molecule has 0 atom stereocenters. The molecule has 0 fully saturated rings. The molecule has 102 valence electrons. The average Bonchev–Trinajstić information content (AvgIpc) is 2.30. The largest absolute Gasteiger partial charge is 0.573 e. The summed E-state index contributed by atoms with van der Waals surface area (Å²) in [5.41, 5.74) is -0.149. The summed E-state index contributed by atoms with van der Waals surface area (Å²) >= 11 is 3.95. The van der Waals surface area contributed by atoms with Gasteiger partial charge in [0.05, 0.1) is 25.2 Å². The van der Waals surface area contributed by atoms with Gasteiger partial charge in [-0.1, -0.05) is 0 Å². The standard InChI is InChI=1S/C11H8F3NO3S/c1-17-10(16)4-7-8(18-11(12,13)14)2-6(5-15)3-9(7)19/h2-3,19H,4H2,1H3. The molecule has 0 aliphatic rings. The van der Waals surface area contributed by atoms with Crippen LogP contribution in [-0.2, 0) is 16.0 Å². The number of nitriles is 1. The van der Waals surface area contributed by atoms with E-state index >= 15 is 0 Å². The van der Waals surface area contributed by atoms with Crippen LogP contribution in [0.5, 0.6) is 5.75 Å². The number of hydrogen-bond acceptors (Lipinski definition) is 5. The summed E-state index contributed by atoms with van der Waals surface area (Å²) in [5.74, 6) is -1.38. The zero-order valence-electron chi connectivity index (χ0n) is 9.61. The molecule has 1 aromatic rings. The van der Waals surface area contributed by atoms with E-state index in [2.05, 4.69) is 22.1 Å². The van der Waals surface area contributed by atoms with E-state index in [1.54, 1.807) is 6.07 Å². The van der Waals surface area contributed by atoms with Crippen LogP contribution in [0.3, 0.4) is 0 Å². The van der Waals surface area contributed by atoms with Crippen molar-refractivity contribution < 1.29 is 27.4 Å². The first-order chi connectivity index (χ1) is 8.76. The third-order valence-corrected chi connectivity index (χ3v) is 2.49. The Labute approximate surface area is 112 Å². The summed E-state index contributed by atoms with van der Waals surface area (Å²) in [6, 6.07) is 3.81. The molecule has 0 amide bonds. The van der Waals surface area contributed by atoms with Gasteiger partial charge in [0.2, 0.25) is 0 Å². The number of carbonyl (C=O) groups excluding carboxylic acids is 1. The summed E-state index contributed by atoms with van der Waals surface area (Å²) in [4.78, 5) is 11.2. The molecule has 1 aromatic carbocycles. The van der Waals surface area contributed by atoms with E-state index in [1.807, 2.05) is 0 Å². The fraction of sp³-hybridized carbons (Fsp3) is 0.273. The van der Waals surface area contributed by atoms with Crippen molar-refractivity contribution in [2.75, 3.05) is 7.11 Å².